The monoisotopic (exact) mass is 269 g/mol. The SMILES string of the molecule is CC1CCCC(NCc2ccc(Cl)cc2F)C1C. The molecule has 1 N–H and O–H groups in total. The third-order valence-electron chi connectivity index (χ3n) is 4.28. The van der Waals surface area contributed by atoms with E-state index in [1.165, 1.54) is 25.3 Å². The van der Waals surface area contributed by atoms with Crippen LogP contribution in [-0.4, -0.2) is 6.04 Å². The Morgan fingerprint density at radius 3 is 2.83 bits per heavy atom. The fourth-order valence-electron chi connectivity index (χ4n) is 2.78. The fraction of sp³-hybridized carbons (Fsp3) is 0.600. The van der Waals surface area contributed by atoms with Gasteiger partial charge in [-0.25, -0.2) is 4.39 Å². The zero-order chi connectivity index (χ0) is 13.1. The first-order valence-corrected chi connectivity index (χ1v) is 7.13. The summed E-state index contributed by atoms with van der Waals surface area (Å²) >= 11 is 5.75. The van der Waals surface area contributed by atoms with Gasteiger partial charge in [-0.05, 0) is 30.4 Å². The summed E-state index contributed by atoms with van der Waals surface area (Å²) in [5.41, 5.74) is 0.699. The summed E-state index contributed by atoms with van der Waals surface area (Å²) in [6.07, 6.45) is 3.78. The van der Waals surface area contributed by atoms with Crippen LogP contribution in [0.3, 0.4) is 0 Å². The van der Waals surface area contributed by atoms with Gasteiger partial charge in [0.05, 0.1) is 0 Å². The van der Waals surface area contributed by atoms with Crippen LogP contribution in [-0.2, 0) is 6.54 Å². The number of hydrogen-bond acceptors (Lipinski definition) is 1. The Morgan fingerprint density at radius 1 is 1.33 bits per heavy atom. The zero-order valence-electron chi connectivity index (χ0n) is 11.0. The minimum atomic E-state index is -0.216. The Labute approximate surface area is 114 Å². The second-order valence-corrected chi connectivity index (χ2v) is 5.93. The van der Waals surface area contributed by atoms with Gasteiger partial charge < -0.3 is 5.32 Å². The van der Waals surface area contributed by atoms with E-state index < -0.39 is 0 Å². The molecule has 100 valence electrons. The minimum absolute atomic E-state index is 0.216. The Bertz CT molecular complexity index is 407. The van der Waals surface area contributed by atoms with E-state index in [0.717, 1.165) is 5.92 Å². The molecule has 18 heavy (non-hydrogen) atoms. The van der Waals surface area contributed by atoms with Gasteiger partial charge in [0, 0.05) is 23.2 Å². The van der Waals surface area contributed by atoms with Crippen molar-refractivity contribution in [2.24, 2.45) is 11.8 Å². The molecule has 3 heteroatoms. The molecular weight excluding hydrogens is 249 g/mol. The molecule has 0 amide bonds. The van der Waals surface area contributed by atoms with Crippen LogP contribution in [0.25, 0.3) is 0 Å². The smallest absolute Gasteiger partial charge is 0.129 e. The predicted octanol–water partition coefficient (Wildman–Crippen LogP) is 4.39. The number of nitrogens with one attached hydrogen (secondary N) is 1. The Kier molecular flexibility index (Phi) is 4.63. The molecule has 0 radical (unpaired) electrons. The van der Waals surface area contributed by atoms with Crippen molar-refractivity contribution in [2.75, 3.05) is 0 Å². The average Bonchev–Trinajstić information content (AvgIpc) is 2.33. The number of benzene rings is 1. The molecule has 1 aromatic carbocycles. The van der Waals surface area contributed by atoms with Gasteiger partial charge in [-0.1, -0.05) is 44.4 Å². The van der Waals surface area contributed by atoms with Crippen molar-refractivity contribution >= 4 is 11.6 Å². The lowest BCUT2D eigenvalue weighted by molar-refractivity contribution is 0.205. The van der Waals surface area contributed by atoms with E-state index in [1.54, 1.807) is 12.1 Å². The van der Waals surface area contributed by atoms with Crippen LogP contribution in [0.5, 0.6) is 0 Å². The van der Waals surface area contributed by atoms with Crippen molar-refractivity contribution in [1.82, 2.24) is 5.32 Å². The number of hydrogen-bond donors (Lipinski definition) is 1. The summed E-state index contributed by atoms with van der Waals surface area (Å²) in [5.74, 6) is 1.20. The fourth-order valence-corrected chi connectivity index (χ4v) is 2.93. The van der Waals surface area contributed by atoms with Gasteiger partial charge in [-0.3, -0.25) is 0 Å². The molecule has 0 aliphatic heterocycles. The Hall–Kier alpha value is -0.600. The predicted molar refractivity (Wildman–Crippen MR) is 74.2 cm³/mol. The first-order valence-electron chi connectivity index (χ1n) is 6.75. The lowest BCUT2D eigenvalue weighted by Crippen LogP contribution is -2.40. The molecule has 0 heterocycles. The molecule has 0 aromatic heterocycles. The van der Waals surface area contributed by atoms with E-state index in [4.69, 9.17) is 11.6 Å². The Balaban J connectivity index is 1.94. The van der Waals surface area contributed by atoms with Crippen molar-refractivity contribution in [1.29, 1.82) is 0 Å². The molecular formula is C15H21ClFN. The first kappa shape index (κ1) is 13.8. The maximum atomic E-state index is 13.7. The van der Waals surface area contributed by atoms with Gasteiger partial charge in [0.15, 0.2) is 0 Å². The molecule has 0 bridgehead atoms. The van der Waals surface area contributed by atoms with Gasteiger partial charge >= 0.3 is 0 Å². The van der Waals surface area contributed by atoms with Crippen LogP contribution >= 0.6 is 11.6 Å². The summed E-state index contributed by atoms with van der Waals surface area (Å²) in [5, 5.41) is 3.95. The average molecular weight is 270 g/mol. The molecule has 3 atom stereocenters. The molecule has 1 aliphatic carbocycles. The van der Waals surface area contributed by atoms with Crippen LogP contribution < -0.4 is 5.32 Å². The van der Waals surface area contributed by atoms with Crippen molar-refractivity contribution in [3.05, 3.63) is 34.6 Å². The molecule has 1 nitrogen and oxygen atoms in total. The molecule has 3 unspecified atom stereocenters. The van der Waals surface area contributed by atoms with Crippen molar-refractivity contribution < 1.29 is 4.39 Å². The molecule has 0 spiro atoms. The Morgan fingerprint density at radius 2 is 2.11 bits per heavy atom. The van der Waals surface area contributed by atoms with Crippen molar-refractivity contribution in [2.45, 2.75) is 45.7 Å². The second kappa shape index (κ2) is 6.03. The van der Waals surface area contributed by atoms with Crippen LogP contribution in [0.15, 0.2) is 18.2 Å². The molecule has 1 aromatic rings. The molecule has 1 fully saturated rings. The van der Waals surface area contributed by atoms with E-state index in [1.807, 2.05) is 0 Å². The molecule has 1 saturated carbocycles. The highest BCUT2D eigenvalue weighted by atomic mass is 35.5. The third kappa shape index (κ3) is 3.24. The highest BCUT2D eigenvalue weighted by molar-refractivity contribution is 6.30. The van der Waals surface area contributed by atoms with E-state index in [2.05, 4.69) is 19.2 Å². The van der Waals surface area contributed by atoms with Crippen LogP contribution in [0, 0.1) is 17.7 Å². The maximum absolute atomic E-state index is 13.7. The number of rotatable bonds is 3. The van der Waals surface area contributed by atoms with Crippen molar-refractivity contribution in [3.63, 3.8) is 0 Å². The molecule has 2 rings (SSSR count). The molecule has 0 saturated heterocycles. The highest BCUT2D eigenvalue weighted by Crippen LogP contribution is 2.29. The van der Waals surface area contributed by atoms with Gasteiger partial charge in [-0.15, -0.1) is 0 Å². The summed E-state index contributed by atoms with van der Waals surface area (Å²) in [4.78, 5) is 0. The lowest BCUT2D eigenvalue weighted by atomic mass is 9.78. The van der Waals surface area contributed by atoms with E-state index in [-0.39, 0.29) is 5.82 Å². The highest BCUT2D eigenvalue weighted by Gasteiger charge is 2.26. The van der Waals surface area contributed by atoms with Crippen LogP contribution in [0.2, 0.25) is 5.02 Å². The normalized spacial score (nSPS) is 28.3. The van der Waals surface area contributed by atoms with Gasteiger partial charge in [0.1, 0.15) is 5.82 Å². The number of halogens is 2. The standard InChI is InChI=1S/C15H21ClFN/c1-10-4-3-5-15(11(10)2)18-9-12-6-7-13(16)8-14(12)17/h6-8,10-11,15,18H,3-5,9H2,1-2H3. The lowest BCUT2D eigenvalue weighted by Gasteiger charge is -2.34. The summed E-state index contributed by atoms with van der Waals surface area (Å²) in [6.45, 7) is 5.19. The summed E-state index contributed by atoms with van der Waals surface area (Å²) in [7, 11) is 0. The summed E-state index contributed by atoms with van der Waals surface area (Å²) < 4.78 is 13.7. The van der Waals surface area contributed by atoms with E-state index >= 15 is 0 Å². The zero-order valence-corrected chi connectivity index (χ0v) is 11.8. The largest absolute Gasteiger partial charge is 0.310 e. The van der Waals surface area contributed by atoms with Crippen LogP contribution in [0.4, 0.5) is 4.39 Å². The third-order valence-corrected chi connectivity index (χ3v) is 4.51. The van der Waals surface area contributed by atoms with Gasteiger partial charge in [0.2, 0.25) is 0 Å². The van der Waals surface area contributed by atoms with E-state index in [9.17, 15) is 4.39 Å². The summed E-state index contributed by atoms with van der Waals surface area (Å²) in [6, 6.07) is 5.39. The maximum Gasteiger partial charge on any atom is 0.129 e. The molecule has 1 aliphatic rings. The first-order chi connectivity index (χ1) is 8.58. The minimum Gasteiger partial charge on any atom is -0.310 e. The van der Waals surface area contributed by atoms with E-state index in [0.29, 0.717) is 29.1 Å². The van der Waals surface area contributed by atoms with Crippen LogP contribution in [0.1, 0.15) is 38.7 Å². The second-order valence-electron chi connectivity index (χ2n) is 5.49. The van der Waals surface area contributed by atoms with Crippen molar-refractivity contribution in [3.8, 4) is 0 Å². The topological polar surface area (TPSA) is 12.0 Å². The van der Waals surface area contributed by atoms with Gasteiger partial charge in [0.25, 0.3) is 0 Å². The van der Waals surface area contributed by atoms with Gasteiger partial charge in [-0.2, -0.15) is 0 Å². The quantitative estimate of drug-likeness (QED) is 0.858.